The van der Waals surface area contributed by atoms with Gasteiger partial charge in [0.15, 0.2) is 6.61 Å². The van der Waals surface area contributed by atoms with Crippen molar-refractivity contribution in [2.24, 2.45) is 0 Å². The van der Waals surface area contributed by atoms with Crippen molar-refractivity contribution >= 4 is 16.9 Å². The van der Waals surface area contributed by atoms with E-state index >= 15 is 0 Å². The SMILES string of the molecule is Cc1c(C)c2ccc(OCC(=O)NCc3cccnc3)cc2oc1=O. The number of carbonyl (C=O) groups is 1. The van der Waals surface area contributed by atoms with Gasteiger partial charge in [-0.25, -0.2) is 4.79 Å². The maximum absolute atomic E-state index is 11.9. The molecule has 2 heterocycles. The minimum atomic E-state index is -0.364. The molecule has 0 aliphatic rings. The van der Waals surface area contributed by atoms with Gasteiger partial charge >= 0.3 is 5.63 Å². The summed E-state index contributed by atoms with van der Waals surface area (Å²) < 4.78 is 10.8. The van der Waals surface area contributed by atoms with Gasteiger partial charge in [0.2, 0.25) is 0 Å². The van der Waals surface area contributed by atoms with Crippen LogP contribution in [0.25, 0.3) is 11.0 Å². The number of fused-ring (bicyclic) bond motifs is 1. The molecule has 0 atom stereocenters. The topological polar surface area (TPSA) is 81.4 Å². The third-order valence-electron chi connectivity index (χ3n) is 4.01. The Labute approximate surface area is 144 Å². The van der Waals surface area contributed by atoms with Gasteiger partial charge in [-0.2, -0.15) is 0 Å². The Kier molecular flexibility index (Phi) is 4.79. The first-order valence-corrected chi connectivity index (χ1v) is 7.87. The first-order chi connectivity index (χ1) is 12.0. The molecule has 1 amide bonds. The van der Waals surface area contributed by atoms with E-state index in [4.69, 9.17) is 9.15 Å². The highest BCUT2D eigenvalue weighted by Gasteiger charge is 2.09. The van der Waals surface area contributed by atoms with Crippen LogP contribution in [0.5, 0.6) is 5.75 Å². The zero-order valence-electron chi connectivity index (χ0n) is 14.0. The number of hydrogen-bond acceptors (Lipinski definition) is 5. The third kappa shape index (κ3) is 3.85. The molecule has 1 aromatic carbocycles. The van der Waals surface area contributed by atoms with E-state index in [0.29, 0.717) is 23.4 Å². The Balaban J connectivity index is 1.64. The molecule has 0 aliphatic heterocycles. The van der Waals surface area contributed by atoms with E-state index in [1.807, 2.05) is 25.1 Å². The number of nitrogens with one attached hydrogen (secondary N) is 1. The largest absolute Gasteiger partial charge is 0.484 e. The van der Waals surface area contributed by atoms with E-state index in [9.17, 15) is 9.59 Å². The summed E-state index contributed by atoms with van der Waals surface area (Å²) in [6.07, 6.45) is 3.37. The maximum atomic E-state index is 11.9. The van der Waals surface area contributed by atoms with Gasteiger partial charge < -0.3 is 14.5 Å². The second kappa shape index (κ2) is 7.17. The summed E-state index contributed by atoms with van der Waals surface area (Å²) in [5, 5.41) is 3.61. The Morgan fingerprint density at radius 2 is 2.08 bits per heavy atom. The van der Waals surface area contributed by atoms with E-state index in [2.05, 4.69) is 10.3 Å². The highest BCUT2D eigenvalue weighted by Crippen LogP contribution is 2.23. The Hall–Kier alpha value is -3.15. The molecule has 1 N–H and O–H groups in total. The maximum Gasteiger partial charge on any atom is 0.339 e. The number of benzene rings is 1. The molecule has 0 saturated carbocycles. The summed E-state index contributed by atoms with van der Waals surface area (Å²) >= 11 is 0. The molecule has 6 nitrogen and oxygen atoms in total. The van der Waals surface area contributed by atoms with Crippen LogP contribution in [0.4, 0.5) is 0 Å². The molecular formula is C19H18N2O4. The molecule has 3 aromatic rings. The normalized spacial score (nSPS) is 10.6. The zero-order valence-corrected chi connectivity index (χ0v) is 14.0. The predicted octanol–water partition coefficient (Wildman–Crippen LogP) is 2.50. The van der Waals surface area contributed by atoms with Crippen LogP contribution in [0.15, 0.2) is 51.9 Å². The van der Waals surface area contributed by atoms with Gasteiger partial charge in [-0.1, -0.05) is 6.07 Å². The van der Waals surface area contributed by atoms with Gasteiger partial charge in [-0.05, 0) is 43.2 Å². The molecular weight excluding hydrogens is 320 g/mol. The van der Waals surface area contributed by atoms with Crippen molar-refractivity contribution in [3.8, 4) is 5.75 Å². The number of pyridine rings is 1. The van der Waals surface area contributed by atoms with Crippen LogP contribution in [0, 0.1) is 13.8 Å². The van der Waals surface area contributed by atoms with Crippen LogP contribution in [-0.4, -0.2) is 17.5 Å². The standard InChI is InChI=1S/C19H18N2O4/c1-12-13(2)19(23)25-17-8-15(5-6-16(12)17)24-11-18(22)21-10-14-4-3-7-20-9-14/h3-9H,10-11H2,1-2H3,(H,21,22). The van der Waals surface area contributed by atoms with Crippen molar-refractivity contribution in [1.82, 2.24) is 10.3 Å². The van der Waals surface area contributed by atoms with Gasteiger partial charge in [0.05, 0.1) is 0 Å². The van der Waals surface area contributed by atoms with E-state index < -0.39 is 0 Å². The number of aromatic nitrogens is 1. The van der Waals surface area contributed by atoms with Gasteiger partial charge in [0.1, 0.15) is 11.3 Å². The molecule has 2 aromatic heterocycles. The second-order valence-corrected chi connectivity index (χ2v) is 5.72. The van der Waals surface area contributed by atoms with E-state index in [1.54, 1.807) is 31.5 Å². The minimum Gasteiger partial charge on any atom is -0.484 e. The summed E-state index contributed by atoms with van der Waals surface area (Å²) in [4.78, 5) is 27.6. The van der Waals surface area contributed by atoms with Crippen molar-refractivity contribution in [1.29, 1.82) is 0 Å². The van der Waals surface area contributed by atoms with E-state index in [0.717, 1.165) is 16.5 Å². The van der Waals surface area contributed by atoms with E-state index in [1.165, 1.54) is 0 Å². The average Bonchev–Trinajstić information content (AvgIpc) is 2.63. The lowest BCUT2D eigenvalue weighted by molar-refractivity contribution is -0.123. The molecule has 0 spiro atoms. The molecule has 128 valence electrons. The lowest BCUT2D eigenvalue weighted by Crippen LogP contribution is -2.28. The fourth-order valence-electron chi connectivity index (χ4n) is 2.42. The van der Waals surface area contributed by atoms with E-state index in [-0.39, 0.29) is 18.1 Å². The predicted molar refractivity (Wildman–Crippen MR) is 93.5 cm³/mol. The van der Waals surface area contributed by atoms with Crippen molar-refractivity contribution in [3.05, 3.63) is 69.8 Å². The van der Waals surface area contributed by atoms with Gasteiger partial charge in [-0.15, -0.1) is 0 Å². The number of hydrogen-bond donors (Lipinski definition) is 1. The van der Waals surface area contributed by atoms with Crippen molar-refractivity contribution < 1.29 is 13.9 Å². The molecule has 6 heteroatoms. The molecule has 3 rings (SSSR count). The highest BCUT2D eigenvalue weighted by molar-refractivity contribution is 5.82. The smallest absolute Gasteiger partial charge is 0.339 e. The number of nitrogens with zero attached hydrogens (tertiary/aromatic N) is 1. The van der Waals surface area contributed by atoms with Gasteiger partial charge in [-0.3, -0.25) is 9.78 Å². The number of rotatable bonds is 5. The molecule has 0 radical (unpaired) electrons. The molecule has 0 aliphatic carbocycles. The Bertz CT molecular complexity index is 964. The van der Waals surface area contributed by atoms with Crippen LogP contribution in [0.1, 0.15) is 16.7 Å². The van der Waals surface area contributed by atoms with Gasteiger partial charge in [0, 0.05) is 36.0 Å². The second-order valence-electron chi connectivity index (χ2n) is 5.72. The summed E-state index contributed by atoms with van der Waals surface area (Å²) in [6, 6.07) is 8.89. The lowest BCUT2D eigenvalue weighted by Gasteiger charge is -2.09. The quantitative estimate of drug-likeness (QED) is 0.723. The first-order valence-electron chi connectivity index (χ1n) is 7.87. The number of aryl methyl sites for hydroxylation is 1. The van der Waals surface area contributed by atoms with Crippen LogP contribution in [0.3, 0.4) is 0 Å². The number of amides is 1. The average molecular weight is 338 g/mol. The molecule has 25 heavy (non-hydrogen) atoms. The molecule has 0 saturated heterocycles. The first kappa shape index (κ1) is 16.7. The summed E-state index contributed by atoms with van der Waals surface area (Å²) in [7, 11) is 0. The minimum absolute atomic E-state index is 0.124. The summed E-state index contributed by atoms with van der Waals surface area (Å²) in [5.41, 5.74) is 2.47. The third-order valence-corrected chi connectivity index (χ3v) is 4.01. The molecule has 0 bridgehead atoms. The highest BCUT2D eigenvalue weighted by atomic mass is 16.5. The van der Waals surface area contributed by atoms with Gasteiger partial charge in [0.25, 0.3) is 5.91 Å². The lowest BCUT2D eigenvalue weighted by atomic mass is 10.1. The summed E-state index contributed by atoms with van der Waals surface area (Å²) in [5.74, 6) is 0.223. The number of carbonyl (C=O) groups excluding carboxylic acids is 1. The molecule has 0 unspecified atom stereocenters. The molecule has 0 fully saturated rings. The Morgan fingerprint density at radius 1 is 1.24 bits per heavy atom. The number of ether oxygens (including phenoxy) is 1. The van der Waals surface area contributed by atoms with Crippen molar-refractivity contribution in [3.63, 3.8) is 0 Å². The Morgan fingerprint density at radius 3 is 2.84 bits per heavy atom. The summed E-state index contributed by atoms with van der Waals surface area (Å²) in [6.45, 7) is 3.88. The van der Waals surface area contributed by atoms with Crippen molar-refractivity contribution in [2.75, 3.05) is 6.61 Å². The zero-order chi connectivity index (χ0) is 17.8. The fourth-order valence-corrected chi connectivity index (χ4v) is 2.42. The fraction of sp³-hybridized carbons (Fsp3) is 0.211. The van der Waals surface area contributed by atoms with Crippen LogP contribution < -0.4 is 15.7 Å². The van der Waals surface area contributed by atoms with Crippen LogP contribution >= 0.6 is 0 Å². The van der Waals surface area contributed by atoms with Crippen LogP contribution in [0.2, 0.25) is 0 Å². The monoisotopic (exact) mass is 338 g/mol. The van der Waals surface area contributed by atoms with Crippen LogP contribution in [-0.2, 0) is 11.3 Å². The van der Waals surface area contributed by atoms with Crippen molar-refractivity contribution in [2.45, 2.75) is 20.4 Å².